The van der Waals surface area contributed by atoms with Crippen LogP contribution in [0.2, 0.25) is 0 Å². The fourth-order valence-electron chi connectivity index (χ4n) is 10.9. The van der Waals surface area contributed by atoms with Crippen LogP contribution in [0, 0.1) is 29.4 Å². The van der Waals surface area contributed by atoms with Crippen LogP contribution in [0.1, 0.15) is 81.2 Å². The molecule has 0 bridgehead atoms. The molecule has 3 fully saturated rings. The van der Waals surface area contributed by atoms with E-state index in [0.717, 1.165) is 33.6 Å². The van der Waals surface area contributed by atoms with Crippen molar-refractivity contribution in [2.24, 2.45) is 17.8 Å². The highest BCUT2D eigenvalue weighted by Gasteiger charge is 2.49. The lowest BCUT2D eigenvalue weighted by molar-refractivity contribution is -0.271. The number of nitrogens with zero attached hydrogens (tertiary/aromatic N) is 4. The number of ether oxygens (including phenoxy) is 4. The highest BCUT2D eigenvalue weighted by atomic mass is 19.1. The quantitative estimate of drug-likeness (QED) is 0.0362. The summed E-state index contributed by atoms with van der Waals surface area (Å²) in [5.74, 6) is -8.56. The molecule has 5 heterocycles. The number of benzene rings is 3. The second kappa shape index (κ2) is 28.1. The van der Waals surface area contributed by atoms with Gasteiger partial charge >= 0.3 is 12.1 Å². The number of rotatable bonds is 25. The minimum absolute atomic E-state index is 0.0974. The number of unbranched alkanes of at least 4 members (excludes halogenated alkanes) is 2. The summed E-state index contributed by atoms with van der Waals surface area (Å²) in [4.78, 5) is 96.7. The number of carbonyl (C=O) groups excluding carboxylic acids is 6. The SMILES string of the molecule is C[C@H](O)C(=O)C(C[C@@H]1CN(C(=O)OCc2ccc(O[C@@H]3O[C@H](C(=O)O)[C@@H](O)[C@H](O)[C@H]3O)c(NC(=O)CCNC(=O)CCCCCN3C(=O)C=CC3=O)c2)C[C@@H]1F)[C@@H](c1nc(-c2cc(F)ccc2F)cn1Cc1ccccc1)C1CCOCC1. The van der Waals surface area contributed by atoms with Crippen molar-refractivity contribution in [3.05, 3.63) is 114 Å². The molecule has 5 amide bonds. The molecule has 22 nitrogen and oxygen atoms in total. The minimum atomic E-state index is -2.03. The van der Waals surface area contributed by atoms with E-state index in [-0.39, 0.29) is 85.5 Å². The topological polar surface area (TPSA) is 306 Å². The van der Waals surface area contributed by atoms with Crippen LogP contribution in [0.15, 0.2) is 85.1 Å². The number of aliphatic carboxylic acids is 1. The van der Waals surface area contributed by atoms with E-state index in [1.165, 1.54) is 37.3 Å². The second-order valence-electron chi connectivity index (χ2n) is 21.2. The lowest BCUT2D eigenvalue weighted by atomic mass is 9.71. The zero-order valence-corrected chi connectivity index (χ0v) is 45.4. The Morgan fingerprint density at radius 1 is 0.855 bits per heavy atom. The van der Waals surface area contributed by atoms with Gasteiger partial charge < -0.3 is 64.6 Å². The first-order valence-electron chi connectivity index (χ1n) is 27.5. The summed E-state index contributed by atoms with van der Waals surface area (Å²) in [6.07, 6.45) is -8.06. The number of alkyl halides is 1. The van der Waals surface area contributed by atoms with Gasteiger partial charge in [-0.1, -0.05) is 42.8 Å². The standard InChI is InChI=1S/C58H67F3N6O16/c1-32(68)50(73)39(49(35-18-22-80-23-19-35)55-64-43(38-26-37(59)12-13-40(38)60)30-65(55)27-33-8-4-2-5-9-33)25-36-28-66(29-41(36)61)58(79)81-31-34-11-14-44(82-57-53(76)51(74)52(75)54(83-57)56(77)78)42(24-34)63-46(70)17-20-62-45(69)10-6-3-7-21-67-47(71)15-16-48(67)72/h2,4-5,8-9,11-16,24,26,30,32,35-36,39,41,49,51-54,57,68,74-76H,3,6-7,10,17-23,25,27-29,31H2,1H3,(H,62,69)(H,63,70)(H,77,78)/t32-,36+,39?,41-,49-,51-,52-,53+,54-,57+/m0/s1. The molecule has 0 aliphatic carbocycles. The maximum Gasteiger partial charge on any atom is 0.410 e. The normalized spacial score (nSPS) is 23.0. The molecule has 4 aliphatic heterocycles. The maximum atomic E-state index is 16.5. The van der Waals surface area contributed by atoms with Crippen molar-refractivity contribution in [3.63, 3.8) is 0 Å². The predicted molar refractivity (Wildman–Crippen MR) is 286 cm³/mol. The fourth-order valence-corrected chi connectivity index (χ4v) is 10.9. The predicted octanol–water partition coefficient (Wildman–Crippen LogP) is 4.15. The molecule has 0 radical (unpaired) electrons. The first kappa shape index (κ1) is 61.5. The van der Waals surface area contributed by atoms with Crippen molar-refractivity contribution >= 4 is 47.2 Å². The Labute approximate surface area is 475 Å². The van der Waals surface area contributed by atoms with E-state index in [0.29, 0.717) is 51.1 Å². The number of nitrogens with one attached hydrogen (secondary N) is 2. The summed E-state index contributed by atoms with van der Waals surface area (Å²) in [5, 5.41) is 57.2. The highest BCUT2D eigenvalue weighted by molar-refractivity contribution is 6.12. The smallest absolute Gasteiger partial charge is 0.410 e. The van der Waals surface area contributed by atoms with E-state index < -0.39 is 121 Å². The van der Waals surface area contributed by atoms with Crippen LogP contribution in [-0.4, -0.2) is 169 Å². The monoisotopic (exact) mass is 1160 g/mol. The van der Waals surface area contributed by atoms with Crippen LogP contribution in [0.5, 0.6) is 5.75 Å². The van der Waals surface area contributed by atoms with Gasteiger partial charge in [0.15, 0.2) is 11.9 Å². The van der Waals surface area contributed by atoms with Crippen LogP contribution in [0.4, 0.5) is 23.7 Å². The number of aromatic nitrogens is 2. The number of aliphatic hydroxyl groups excluding tert-OH is 4. The third-order valence-electron chi connectivity index (χ3n) is 15.3. The van der Waals surface area contributed by atoms with E-state index in [4.69, 9.17) is 23.9 Å². The second-order valence-corrected chi connectivity index (χ2v) is 21.2. The van der Waals surface area contributed by atoms with Crippen molar-refractivity contribution in [1.29, 1.82) is 0 Å². The van der Waals surface area contributed by atoms with Crippen molar-refractivity contribution in [2.75, 3.05) is 44.7 Å². The van der Waals surface area contributed by atoms with Gasteiger partial charge in [-0.05, 0) is 86.4 Å². The van der Waals surface area contributed by atoms with Gasteiger partial charge in [0.05, 0.1) is 17.9 Å². The Kier molecular flexibility index (Phi) is 20.9. The first-order chi connectivity index (χ1) is 39.8. The zero-order valence-electron chi connectivity index (χ0n) is 45.4. The summed E-state index contributed by atoms with van der Waals surface area (Å²) in [6, 6.07) is 16.2. The number of imide groups is 1. The summed E-state index contributed by atoms with van der Waals surface area (Å²) < 4.78 is 70.7. The lowest BCUT2D eigenvalue weighted by Gasteiger charge is -2.38. The largest absolute Gasteiger partial charge is 0.479 e. The van der Waals surface area contributed by atoms with Crippen molar-refractivity contribution in [2.45, 2.75) is 120 Å². The van der Waals surface area contributed by atoms with E-state index in [1.807, 2.05) is 30.3 Å². The van der Waals surface area contributed by atoms with Gasteiger partial charge in [0.25, 0.3) is 11.8 Å². The number of halogens is 3. The summed E-state index contributed by atoms with van der Waals surface area (Å²) in [6.45, 7) is 1.17. The summed E-state index contributed by atoms with van der Waals surface area (Å²) in [7, 11) is 0. The number of ketones is 1. The Morgan fingerprint density at radius 2 is 1.59 bits per heavy atom. The molecule has 4 aromatic rings. The maximum absolute atomic E-state index is 16.5. The van der Waals surface area contributed by atoms with Gasteiger partial charge in [0.1, 0.15) is 60.4 Å². The zero-order chi connectivity index (χ0) is 59.5. The van der Waals surface area contributed by atoms with Gasteiger partial charge in [-0.3, -0.25) is 28.9 Å². The molecule has 0 spiro atoms. The van der Waals surface area contributed by atoms with Crippen LogP contribution in [-0.2, 0) is 56.1 Å². The summed E-state index contributed by atoms with van der Waals surface area (Å²) >= 11 is 0. The van der Waals surface area contributed by atoms with E-state index >= 15 is 8.78 Å². The molecule has 4 aliphatic rings. The average Bonchev–Trinajstić information content (AvgIpc) is 4.30. The van der Waals surface area contributed by atoms with Gasteiger partial charge in [0, 0.05) is 93.9 Å². The number of hydrogen-bond donors (Lipinski definition) is 7. The van der Waals surface area contributed by atoms with Gasteiger partial charge in [-0.2, -0.15) is 0 Å². The Hall–Kier alpha value is -7.55. The number of carboxylic acid groups (broad SMARTS) is 1. The fraction of sp³-hybridized carbons (Fsp3) is 0.483. The van der Waals surface area contributed by atoms with Crippen LogP contribution in [0.25, 0.3) is 11.3 Å². The molecule has 25 heteroatoms. The molecule has 3 saturated heterocycles. The molecule has 1 unspecified atom stereocenters. The number of anilines is 1. The summed E-state index contributed by atoms with van der Waals surface area (Å²) in [5.41, 5.74) is 0.924. The highest BCUT2D eigenvalue weighted by Crippen LogP contribution is 2.44. The van der Waals surface area contributed by atoms with Crippen molar-refractivity contribution < 1.29 is 91.2 Å². The molecule has 446 valence electrons. The van der Waals surface area contributed by atoms with E-state index in [1.54, 1.807) is 10.8 Å². The van der Waals surface area contributed by atoms with Gasteiger partial charge in [-0.15, -0.1) is 0 Å². The van der Waals surface area contributed by atoms with Crippen LogP contribution in [0.3, 0.4) is 0 Å². The number of hydrogen-bond acceptors (Lipinski definition) is 16. The Morgan fingerprint density at radius 3 is 2.30 bits per heavy atom. The molecule has 7 N–H and O–H groups in total. The number of carbonyl (C=O) groups is 7. The van der Waals surface area contributed by atoms with Gasteiger partial charge in [0.2, 0.25) is 18.1 Å². The Balaban J connectivity index is 0.957. The molecule has 83 heavy (non-hydrogen) atoms. The number of aliphatic hydroxyl groups is 4. The number of carboxylic acids is 1. The number of imidazole rings is 1. The molecule has 3 aromatic carbocycles. The van der Waals surface area contributed by atoms with E-state index in [2.05, 4.69) is 10.6 Å². The first-order valence-corrected chi connectivity index (χ1v) is 27.5. The molecular formula is C58H67F3N6O16. The van der Waals surface area contributed by atoms with Gasteiger partial charge in [-0.25, -0.2) is 27.7 Å². The van der Waals surface area contributed by atoms with Crippen LogP contribution >= 0.6 is 0 Å². The Bertz CT molecular complexity index is 2990. The molecule has 0 saturated carbocycles. The number of Topliss-reactive ketones (excluding diaryl/α,β-unsaturated/α-hetero) is 1. The lowest BCUT2D eigenvalue weighted by Crippen LogP contribution is -2.61. The minimum Gasteiger partial charge on any atom is -0.479 e. The van der Waals surface area contributed by atoms with Crippen molar-refractivity contribution in [1.82, 2.24) is 24.7 Å². The molecular weight excluding hydrogens is 1090 g/mol. The number of likely N-dealkylation sites (tertiary alicyclic amines) is 1. The molecule has 1 aromatic heterocycles. The number of amides is 5. The van der Waals surface area contributed by atoms with E-state index in [9.17, 15) is 63.5 Å². The molecule has 8 rings (SSSR count). The average molecular weight is 1160 g/mol. The third kappa shape index (κ3) is 15.6. The molecule has 10 atom stereocenters. The third-order valence-corrected chi connectivity index (χ3v) is 15.3. The van der Waals surface area contributed by atoms with Crippen LogP contribution < -0.4 is 15.4 Å². The van der Waals surface area contributed by atoms with Crippen molar-refractivity contribution in [3.8, 4) is 17.0 Å².